The lowest BCUT2D eigenvalue weighted by Gasteiger charge is -2.06. The highest BCUT2D eigenvalue weighted by molar-refractivity contribution is 5.92. The van der Waals surface area contributed by atoms with Crippen LogP contribution in [0.25, 0.3) is 0 Å². The minimum absolute atomic E-state index is 0.0432. The molecule has 0 aromatic heterocycles. The molecule has 0 heterocycles. The van der Waals surface area contributed by atoms with Crippen molar-refractivity contribution >= 4 is 11.6 Å². The molecule has 0 bridgehead atoms. The number of rotatable bonds is 3. The van der Waals surface area contributed by atoms with Gasteiger partial charge in [0.2, 0.25) is 5.91 Å². The van der Waals surface area contributed by atoms with Gasteiger partial charge in [-0.3, -0.25) is 4.79 Å². The van der Waals surface area contributed by atoms with E-state index in [0.717, 1.165) is 0 Å². The summed E-state index contributed by atoms with van der Waals surface area (Å²) in [4.78, 5) is 11.0. The zero-order chi connectivity index (χ0) is 11.4. The lowest BCUT2D eigenvalue weighted by atomic mass is 10.3. The average Bonchev–Trinajstić information content (AvgIpc) is 2.14. The van der Waals surface area contributed by atoms with Crippen molar-refractivity contribution in [3.8, 4) is 0 Å². The molecule has 0 fully saturated rings. The van der Waals surface area contributed by atoms with Crippen molar-refractivity contribution in [2.45, 2.75) is 0 Å². The van der Waals surface area contributed by atoms with E-state index in [4.69, 9.17) is 0 Å². The second-order valence-corrected chi connectivity index (χ2v) is 2.82. The Hall–Kier alpha value is -1.56. The fraction of sp³-hybridized carbons (Fsp3) is 0.222. The van der Waals surface area contributed by atoms with Gasteiger partial charge in [0.05, 0.1) is 12.2 Å². The third-order valence-corrected chi connectivity index (χ3v) is 1.62. The molecule has 0 spiro atoms. The molecule has 6 heteroatoms. The maximum Gasteiger partial charge on any atom is 0.238 e. The molecule has 0 saturated heterocycles. The Morgan fingerprint density at radius 1 is 1.20 bits per heavy atom. The van der Waals surface area contributed by atoms with Gasteiger partial charge in [0.15, 0.2) is 11.6 Å². The van der Waals surface area contributed by atoms with Crippen LogP contribution in [0, 0.1) is 17.5 Å². The molecule has 0 aliphatic carbocycles. The van der Waals surface area contributed by atoms with Gasteiger partial charge in [-0.05, 0) is 7.05 Å². The molecule has 1 aromatic carbocycles. The molecular weight excluding hydrogens is 209 g/mol. The number of nitrogens with one attached hydrogen (secondary N) is 2. The van der Waals surface area contributed by atoms with Gasteiger partial charge in [-0.1, -0.05) is 0 Å². The van der Waals surface area contributed by atoms with Gasteiger partial charge in [0.1, 0.15) is 5.82 Å². The van der Waals surface area contributed by atoms with E-state index in [1.54, 1.807) is 0 Å². The predicted octanol–water partition coefficient (Wildman–Crippen LogP) is 1.26. The quantitative estimate of drug-likeness (QED) is 0.750. The van der Waals surface area contributed by atoms with E-state index in [9.17, 15) is 18.0 Å². The Kier molecular flexibility index (Phi) is 3.68. The third kappa shape index (κ3) is 2.95. The summed E-state index contributed by atoms with van der Waals surface area (Å²) in [5.41, 5.74) is -0.380. The molecule has 1 amide bonds. The van der Waals surface area contributed by atoms with Crippen molar-refractivity contribution in [2.75, 3.05) is 18.9 Å². The first kappa shape index (κ1) is 11.5. The van der Waals surface area contributed by atoms with Crippen LogP contribution >= 0.6 is 0 Å². The summed E-state index contributed by atoms with van der Waals surface area (Å²) in [5.74, 6) is -4.06. The Morgan fingerprint density at radius 2 is 1.80 bits per heavy atom. The zero-order valence-corrected chi connectivity index (χ0v) is 7.90. The third-order valence-electron chi connectivity index (χ3n) is 1.62. The fourth-order valence-corrected chi connectivity index (χ4v) is 0.973. The maximum atomic E-state index is 13.0. The monoisotopic (exact) mass is 218 g/mol. The minimum atomic E-state index is -1.29. The molecular formula is C9H9F3N2O. The van der Waals surface area contributed by atoms with E-state index >= 15 is 0 Å². The van der Waals surface area contributed by atoms with Crippen molar-refractivity contribution in [1.29, 1.82) is 0 Å². The fourth-order valence-electron chi connectivity index (χ4n) is 0.973. The van der Waals surface area contributed by atoms with Gasteiger partial charge in [-0.15, -0.1) is 0 Å². The predicted molar refractivity (Wildman–Crippen MR) is 48.9 cm³/mol. The van der Waals surface area contributed by atoms with Crippen LogP contribution in [0.1, 0.15) is 0 Å². The van der Waals surface area contributed by atoms with Crippen LogP contribution in [-0.4, -0.2) is 19.5 Å². The van der Waals surface area contributed by atoms with Crippen LogP contribution in [0.15, 0.2) is 12.1 Å². The zero-order valence-electron chi connectivity index (χ0n) is 7.90. The summed E-state index contributed by atoms with van der Waals surface area (Å²) in [6, 6.07) is 0.975. The summed E-state index contributed by atoms with van der Waals surface area (Å²) >= 11 is 0. The number of anilines is 1. The normalized spacial score (nSPS) is 10.1. The lowest BCUT2D eigenvalue weighted by molar-refractivity contribution is -0.115. The van der Waals surface area contributed by atoms with Crippen molar-refractivity contribution in [3.05, 3.63) is 29.6 Å². The van der Waals surface area contributed by atoms with Gasteiger partial charge >= 0.3 is 0 Å². The Labute approximate surface area is 84.3 Å². The molecule has 0 atom stereocenters. The van der Waals surface area contributed by atoms with Crippen molar-refractivity contribution < 1.29 is 18.0 Å². The minimum Gasteiger partial charge on any atom is -0.322 e. The number of hydrogen-bond acceptors (Lipinski definition) is 2. The number of benzene rings is 1. The van der Waals surface area contributed by atoms with Crippen LogP contribution in [0.2, 0.25) is 0 Å². The molecule has 1 aromatic rings. The van der Waals surface area contributed by atoms with E-state index < -0.39 is 23.4 Å². The molecule has 15 heavy (non-hydrogen) atoms. The van der Waals surface area contributed by atoms with E-state index in [0.29, 0.717) is 12.1 Å². The average molecular weight is 218 g/mol. The molecule has 0 unspecified atom stereocenters. The molecule has 1 rings (SSSR count). The molecule has 3 nitrogen and oxygen atoms in total. The smallest absolute Gasteiger partial charge is 0.238 e. The number of halogens is 3. The second kappa shape index (κ2) is 4.79. The second-order valence-electron chi connectivity index (χ2n) is 2.82. The molecule has 0 radical (unpaired) electrons. The number of hydrogen-bond donors (Lipinski definition) is 2. The molecule has 0 aliphatic rings. The standard InChI is InChI=1S/C9H9F3N2O/c1-13-4-9(15)14-8-3-6(11)5(10)2-7(8)12/h2-3,13H,4H2,1H3,(H,14,15). The highest BCUT2D eigenvalue weighted by Gasteiger charge is 2.11. The van der Waals surface area contributed by atoms with Gasteiger partial charge in [0, 0.05) is 12.1 Å². The van der Waals surface area contributed by atoms with Crippen LogP contribution in [0.5, 0.6) is 0 Å². The van der Waals surface area contributed by atoms with E-state index in [-0.39, 0.29) is 12.2 Å². The summed E-state index contributed by atoms with van der Waals surface area (Å²) in [6.07, 6.45) is 0. The summed E-state index contributed by atoms with van der Waals surface area (Å²) < 4.78 is 38.2. The molecule has 0 saturated carbocycles. The first-order valence-electron chi connectivity index (χ1n) is 4.13. The number of carbonyl (C=O) groups excluding carboxylic acids is 1. The first-order chi connectivity index (χ1) is 7.04. The number of likely N-dealkylation sites (N-methyl/N-ethyl adjacent to an activating group) is 1. The summed E-state index contributed by atoms with van der Waals surface area (Å²) in [7, 11) is 1.53. The van der Waals surface area contributed by atoms with E-state index in [2.05, 4.69) is 10.6 Å². The van der Waals surface area contributed by atoms with E-state index in [1.807, 2.05) is 0 Å². The molecule has 0 aliphatic heterocycles. The topological polar surface area (TPSA) is 41.1 Å². The number of amides is 1. The Bertz CT molecular complexity index is 382. The van der Waals surface area contributed by atoms with Crippen molar-refractivity contribution in [2.24, 2.45) is 0 Å². The van der Waals surface area contributed by atoms with Crippen molar-refractivity contribution in [1.82, 2.24) is 5.32 Å². The van der Waals surface area contributed by atoms with Gasteiger partial charge < -0.3 is 10.6 Å². The maximum absolute atomic E-state index is 13.0. The Balaban J connectivity index is 2.86. The van der Waals surface area contributed by atoms with Crippen molar-refractivity contribution in [3.63, 3.8) is 0 Å². The van der Waals surface area contributed by atoms with Crippen LogP contribution in [-0.2, 0) is 4.79 Å². The summed E-state index contributed by atoms with van der Waals surface area (Å²) in [5, 5.41) is 4.63. The molecule has 2 N–H and O–H groups in total. The largest absolute Gasteiger partial charge is 0.322 e. The van der Waals surface area contributed by atoms with Crippen LogP contribution < -0.4 is 10.6 Å². The van der Waals surface area contributed by atoms with Gasteiger partial charge in [-0.2, -0.15) is 0 Å². The highest BCUT2D eigenvalue weighted by atomic mass is 19.2. The van der Waals surface area contributed by atoms with Crippen LogP contribution in [0.4, 0.5) is 18.9 Å². The first-order valence-corrected chi connectivity index (χ1v) is 4.13. The number of carbonyl (C=O) groups is 1. The van der Waals surface area contributed by atoms with Crippen LogP contribution in [0.3, 0.4) is 0 Å². The highest BCUT2D eigenvalue weighted by Crippen LogP contribution is 2.17. The molecule has 82 valence electrons. The summed E-state index contributed by atoms with van der Waals surface area (Å²) in [6.45, 7) is -0.0432. The van der Waals surface area contributed by atoms with Gasteiger partial charge in [0.25, 0.3) is 0 Å². The Morgan fingerprint density at radius 3 is 2.40 bits per heavy atom. The van der Waals surface area contributed by atoms with Gasteiger partial charge in [-0.25, -0.2) is 13.2 Å². The lowest BCUT2D eigenvalue weighted by Crippen LogP contribution is -2.25. The van der Waals surface area contributed by atoms with E-state index in [1.165, 1.54) is 7.05 Å². The SMILES string of the molecule is CNCC(=O)Nc1cc(F)c(F)cc1F.